The maximum Gasteiger partial charge on any atom is 0.263 e. The molecule has 6 heterocycles. The number of hydrogen-bond acceptors (Lipinski definition) is 12. The van der Waals surface area contributed by atoms with Gasteiger partial charge in [0.25, 0.3) is 11.8 Å². The summed E-state index contributed by atoms with van der Waals surface area (Å²) in [5.74, 6) is -0.632. The number of aromatic nitrogens is 4. The molecule has 0 radical (unpaired) electrons. The van der Waals surface area contributed by atoms with Crippen LogP contribution in [-0.2, 0) is 16.1 Å². The smallest absolute Gasteiger partial charge is 0.263 e. The predicted octanol–water partition coefficient (Wildman–Crippen LogP) is 6.38. The Morgan fingerprint density at radius 2 is 1.48 bits per heavy atom. The van der Waals surface area contributed by atoms with E-state index in [9.17, 15) is 19.2 Å². The summed E-state index contributed by atoms with van der Waals surface area (Å²) in [7, 11) is 0. The fourth-order valence-electron chi connectivity index (χ4n) is 9.78. The lowest BCUT2D eigenvalue weighted by atomic mass is 10.0. The molecule has 16 heteroatoms. The molecule has 0 spiro atoms. The highest BCUT2D eigenvalue weighted by Crippen LogP contribution is 2.37. The molecule has 314 valence electrons. The Kier molecular flexibility index (Phi) is 10.7. The number of benzene rings is 3. The first-order chi connectivity index (χ1) is 29.8. The van der Waals surface area contributed by atoms with Crippen LogP contribution in [0.2, 0.25) is 0 Å². The third-order valence-corrected chi connectivity index (χ3v) is 14.0. The van der Waals surface area contributed by atoms with Crippen LogP contribution in [0.25, 0.3) is 11.2 Å². The fourth-order valence-corrected chi connectivity index (χ4v) is 10.4. The molecule has 5 aromatic rings. The van der Waals surface area contributed by atoms with E-state index >= 15 is 0 Å². The minimum atomic E-state index is -0.984. The van der Waals surface area contributed by atoms with Gasteiger partial charge in [0.1, 0.15) is 11.6 Å². The van der Waals surface area contributed by atoms with E-state index in [0.29, 0.717) is 34.6 Å². The Labute approximate surface area is 362 Å². The van der Waals surface area contributed by atoms with E-state index in [1.54, 1.807) is 6.07 Å². The number of anilines is 5. The Morgan fingerprint density at radius 1 is 0.738 bits per heavy atom. The van der Waals surface area contributed by atoms with Crippen LogP contribution < -0.4 is 20.9 Å². The molecule has 0 bridgehead atoms. The topological polar surface area (TPSA) is 161 Å². The van der Waals surface area contributed by atoms with Crippen molar-refractivity contribution in [2.24, 2.45) is 0 Å². The molecule has 15 nitrogen and oxygen atoms in total. The van der Waals surface area contributed by atoms with Crippen molar-refractivity contribution in [1.82, 2.24) is 39.5 Å². The van der Waals surface area contributed by atoms with E-state index in [2.05, 4.69) is 80.4 Å². The highest BCUT2D eigenvalue weighted by molar-refractivity contribution is 9.10. The largest absolute Gasteiger partial charge is 0.371 e. The molecule has 5 aliphatic rings. The number of rotatable bonds is 10. The van der Waals surface area contributed by atoms with Crippen LogP contribution in [-0.4, -0.2) is 109 Å². The van der Waals surface area contributed by atoms with E-state index in [4.69, 9.17) is 9.97 Å². The molecule has 4 aliphatic heterocycles. The van der Waals surface area contributed by atoms with Gasteiger partial charge < -0.3 is 15.5 Å². The average molecular weight is 887 g/mol. The van der Waals surface area contributed by atoms with Gasteiger partial charge in [-0.25, -0.2) is 9.97 Å². The maximum absolute atomic E-state index is 13.5. The van der Waals surface area contributed by atoms with Gasteiger partial charge in [-0.3, -0.25) is 43.8 Å². The lowest BCUT2D eigenvalue weighted by Gasteiger charge is -2.43. The third-order valence-electron chi connectivity index (χ3n) is 13.0. The molecule has 1 aliphatic carbocycles. The second-order valence-corrected chi connectivity index (χ2v) is 17.5. The van der Waals surface area contributed by atoms with Gasteiger partial charge in [-0.1, -0.05) is 37.1 Å². The lowest BCUT2D eigenvalue weighted by molar-refractivity contribution is -0.136. The molecular weight excluding hydrogens is 838 g/mol. The van der Waals surface area contributed by atoms with Gasteiger partial charge in [0.15, 0.2) is 5.65 Å². The summed E-state index contributed by atoms with van der Waals surface area (Å²) in [5, 5.41) is 9.21. The molecular formula is C45H48BrN11O4. The first-order valence-corrected chi connectivity index (χ1v) is 22.2. The summed E-state index contributed by atoms with van der Waals surface area (Å²) in [6.45, 7) is 6.36. The number of imide groups is 2. The number of nitrogens with one attached hydrogen (secondary N) is 3. The number of carbonyl (C=O) groups excluding carboxylic acids is 4. The summed E-state index contributed by atoms with van der Waals surface area (Å²) in [4.78, 5) is 74.0. The third kappa shape index (κ3) is 7.76. The number of para-hydroxylation sites is 1. The monoisotopic (exact) mass is 885 g/mol. The van der Waals surface area contributed by atoms with Crippen LogP contribution in [0.15, 0.2) is 77.4 Å². The van der Waals surface area contributed by atoms with Crippen molar-refractivity contribution in [3.8, 4) is 0 Å². The van der Waals surface area contributed by atoms with Crippen LogP contribution in [0.3, 0.4) is 0 Å². The number of carbonyl (C=O) groups is 4. The van der Waals surface area contributed by atoms with Crippen molar-refractivity contribution in [3.05, 3.63) is 94.1 Å². The van der Waals surface area contributed by atoms with Gasteiger partial charge in [0, 0.05) is 85.9 Å². The number of nitrogens with zero attached hydrogens (tertiary/aromatic N) is 8. The van der Waals surface area contributed by atoms with Crippen LogP contribution >= 0.6 is 15.9 Å². The van der Waals surface area contributed by atoms with Crippen LogP contribution in [0.1, 0.15) is 83.7 Å². The van der Waals surface area contributed by atoms with Crippen LogP contribution in [0.5, 0.6) is 0 Å². The van der Waals surface area contributed by atoms with E-state index < -0.39 is 23.8 Å². The zero-order chi connectivity index (χ0) is 41.6. The molecule has 4 amide bonds. The quantitative estimate of drug-likeness (QED) is 0.133. The average Bonchev–Trinajstić information content (AvgIpc) is 3.99. The molecule has 2 aromatic heterocycles. The Hall–Kier alpha value is -5.71. The molecule has 3 aromatic carbocycles. The number of fused-ring (bicyclic) bond motifs is 2. The normalized spacial score (nSPS) is 20.8. The maximum atomic E-state index is 13.5. The highest BCUT2D eigenvalue weighted by Gasteiger charge is 2.46. The molecule has 1 saturated carbocycles. The van der Waals surface area contributed by atoms with Gasteiger partial charge in [-0.05, 0) is 96.1 Å². The SMILES string of the molecule is O=C1CCC(N2C(=O)c3ccc(CN4CCN(C5CCN(c6ccc(Nc7ncc8nc(Nc9ccccc9)n(C9CCCC9)c8n7)cc6)CC5)CC4)c(Br)c3C2=O)C(=O)N1. The highest BCUT2D eigenvalue weighted by atomic mass is 79.9. The number of halogens is 1. The van der Waals surface area contributed by atoms with Crippen LogP contribution in [0.4, 0.5) is 29.0 Å². The standard InChI is InChI=1S/C45H48BrN11O4/c46-39-28(10-15-34-38(39)43(61)57(42(34)60)36-16-17-37(58)51-41(36)59)27-53-22-24-55(25-23-53)32-18-20-54(21-19-32)31-13-11-30(12-14-31)48-44-47-26-35-40(52-44)56(33-8-4-5-9-33)45(50-35)49-29-6-2-1-3-7-29/h1-3,6-7,10-15,26,32-33,36H,4-5,8-9,16-25,27H2,(H,49,50)(H,47,48,52)(H,51,58,59). The van der Waals surface area contributed by atoms with E-state index in [-0.39, 0.29) is 24.3 Å². The van der Waals surface area contributed by atoms with Gasteiger partial charge in [0.05, 0.1) is 17.3 Å². The number of imidazole rings is 1. The summed E-state index contributed by atoms with van der Waals surface area (Å²) in [5.41, 5.74) is 6.27. The Balaban J connectivity index is 0.722. The fraction of sp³-hybridized carbons (Fsp3) is 0.400. The van der Waals surface area contributed by atoms with E-state index in [1.165, 1.54) is 18.5 Å². The molecule has 4 fully saturated rings. The second kappa shape index (κ2) is 16.6. The number of piperazine rings is 1. The summed E-state index contributed by atoms with van der Waals surface area (Å²) in [6, 6.07) is 22.2. The molecule has 1 unspecified atom stereocenters. The Bertz CT molecular complexity index is 2490. The Morgan fingerprint density at radius 3 is 2.21 bits per heavy atom. The molecule has 3 saturated heterocycles. The minimum absolute atomic E-state index is 0.0904. The minimum Gasteiger partial charge on any atom is -0.371 e. The summed E-state index contributed by atoms with van der Waals surface area (Å²) in [6.07, 6.45) is 8.86. The van der Waals surface area contributed by atoms with Gasteiger partial charge in [-0.2, -0.15) is 4.98 Å². The summed E-state index contributed by atoms with van der Waals surface area (Å²) >= 11 is 3.64. The van der Waals surface area contributed by atoms with Crippen molar-refractivity contribution in [3.63, 3.8) is 0 Å². The van der Waals surface area contributed by atoms with Crippen molar-refractivity contribution in [2.75, 3.05) is 54.8 Å². The summed E-state index contributed by atoms with van der Waals surface area (Å²) < 4.78 is 2.86. The van der Waals surface area contributed by atoms with Gasteiger partial charge >= 0.3 is 0 Å². The van der Waals surface area contributed by atoms with E-state index in [1.807, 2.05) is 42.6 Å². The molecule has 61 heavy (non-hydrogen) atoms. The first-order valence-electron chi connectivity index (χ1n) is 21.5. The molecule has 1 atom stereocenters. The molecule has 10 rings (SSSR count). The lowest BCUT2D eigenvalue weighted by Crippen LogP contribution is -2.54. The van der Waals surface area contributed by atoms with Crippen molar-refractivity contribution < 1.29 is 19.2 Å². The van der Waals surface area contributed by atoms with E-state index in [0.717, 1.165) is 104 Å². The predicted molar refractivity (Wildman–Crippen MR) is 235 cm³/mol. The zero-order valence-electron chi connectivity index (χ0n) is 33.9. The van der Waals surface area contributed by atoms with Crippen molar-refractivity contribution in [2.45, 2.75) is 76.0 Å². The van der Waals surface area contributed by atoms with Gasteiger partial charge in [0.2, 0.25) is 23.7 Å². The zero-order valence-corrected chi connectivity index (χ0v) is 35.4. The second-order valence-electron chi connectivity index (χ2n) is 16.7. The first kappa shape index (κ1) is 39.4. The number of hydrogen-bond donors (Lipinski definition) is 3. The van der Waals surface area contributed by atoms with Crippen molar-refractivity contribution in [1.29, 1.82) is 0 Å². The number of amides is 4. The van der Waals surface area contributed by atoms with Crippen LogP contribution in [0, 0.1) is 0 Å². The van der Waals surface area contributed by atoms with Gasteiger partial charge in [-0.15, -0.1) is 0 Å². The molecule has 3 N–H and O–H groups in total. The number of piperidine rings is 2. The van der Waals surface area contributed by atoms with Crippen molar-refractivity contribution >= 4 is 79.7 Å².